The normalized spacial score (nSPS) is 11.6. The number of nitrogens with zero attached hydrogens (tertiary/aromatic N) is 2. The lowest BCUT2D eigenvalue weighted by Gasteiger charge is -2.30. The Labute approximate surface area is 113 Å². The molecule has 0 spiro atoms. The molecule has 0 rings (SSSR count). The van der Waals surface area contributed by atoms with E-state index in [0.717, 1.165) is 37.3 Å². The molecule has 0 unspecified atom stereocenters. The molecule has 0 fully saturated rings. The second kappa shape index (κ2) is 11.2. The number of halogens is 1. The molecule has 0 aromatic rings. The molecule has 0 aliphatic heterocycles. The van der Waals surface area contributed by atoms with Crippen molar-refractivity contribution in [1.29, 1.82) is 0 Å². The molecule has 0 bridgehead atoms. The van der Waals surface area contributed by atoms with Crippen LogP contribution in [0.25, 0.3) is 0 Å². The smallest absolute Gasteiger partial charge is 0.102 e. The molecular weight excluding hydrogens is 240 g/mol. The first kappa shape index (κ1) is 19.5. The second-order valence-electron chi connectivity index (χ2n) is 5.00. The Morgan fingerprint density at radius 3 is 2.06 bits per heavy atom. The lowest BCUT2D eigenvalue weighted by Crippen LogP contribution is -3.00. The second-order valence-corrected chi connectivity index (χ2v) is 5.00. The highest BCUT2D eigenvalue weighted by atomic mass is 35.5. The maximum Gasteiger partial charge on any atom is 0.102 e. The Kier molecular flexibility index (Phi) is 12.9. The van der Waals surface area contributed by atoms with E-state index in [1.54, 1.807) is 0 Å². The molecule has 4 nitrogen and oxygen atoms in total. The highest BCUT2D eigenvalue weighted by Crippen LogP contribution is 1.97. The molecule has 17 heavy (non-hydrogen) atoms. The molecule has 5 heteroatoms. The predicted octanol–water partition coefficient (Wildman–Crippen LogP) is -2.32. The third kappa shape index (κ3) is 14.1. The van der Waals surface area contributed by atoms with Crippen molar-refractivity contribution >= 4 is 0 Å². The molecular formula is C12H29ClN2O2. The zero-order chi connectivity index (χ0) is 12.4. The first-order valence-corrected chi connectivity index (χ1v) is 6.10. The van der Waals surface area contributed by atoms with Gasteiger partial charge in [0.05, 0.1) is 40.5 Å². The molecule has 0 amide bonds. The van der Waals surface area contributed by atoms with Gasteiger partial charge in [-0.05, 0) is 21.0 Å². The topological polar surface area (TPSA) is 21.7 Å². The van der Waals surface area contributed by atoms with E-state index in [4.69, 9.17) is 9.47 Å². The van der Waals surface area contributed by atoms with Gasteiger partial charge in [-0.2, -0.15) is 0 Å². The van der Waals surface area contributed by atoms with Crippen LogP contribution in [0.1, 0.15) is 6.92 Å². The first-order valence-electron chi connectivity index (χ1n) is 6.10. The summed E-state index contributed by atoms with van der Waals surface area (Å²) in [5.41, 5.74) is 0. The summed E-state index contributed by atoms with van der Waals surface area (Å²) in [5.74, 6) is 0. The van der Waals surface area contributed by atoms with Gasteiger partial charge in [0, 0.05) is 13.2 Å². The van der Waals surface area contributed by atoms with Gasteiger partial charge >= 0.3 is 0 Å². The maximum absolute atomic E-state index is 5.52. The van der Waals surface area contributed by atoms with E-state index in [-0.39, 0.29) is 12.4 Å². The van der Waals surface area contributed by atoms with Gasteiger partial charge in [-0.3, -0.25) is 0 Å². The van der Waals surface area contributed by atoms with Gasteiger partial charge in [0.1, 0.15) is 6.54 Å². The molecule has 0 N–H and O–H groups in total. The highest BCUT2D eigenvalue weighted by molar-refractivity contribution is 4.42. The van der Waals surface area contributed by atoms with E-state index in [0.29, 0.717) is 13.2 Å². The van der Waals surface area contributed by atoms with E-state index in [9.17, 15) is 0 Å². The zero-order valence-electron chi connectivity index (χ0n) is 12.0. The summed E-state index contributed by atoms with van der Waals surface area (Å²) in [6.07, 6.45) is 0. The molecule has 0 heterocycles. The van der Waals surface area contributed by atoms with Gasteiger partial charge in [0.2, 0.25) is 0 Å². The zero-order valence-corrected chi connectivity index (χ0v) is 12.8. The monoisotopic (exact) mass is 268 g/mol. The quantitative estimate of drug-likeness (QED) is 0.328. The fourth-order valence-corrected chi connectivity index (χ4v) is 1.26. The van der Waals surface area contributed by atoms with Crippen molar-refractivity contribution in [3.05, 3.63) is 0 Å². The minimum atomic E-state index is 0. The molecule has 0 aromatic carbocycles. The summed E-state index contributed by atoms with van der Waals surface area (Å²) in [7, 11) is 8.71. The van der Waals surface area contributed by atoms with Crippen LogP contribution in [0.3, 0.4) is 0 Å². The Balaban J connectivity index is 0. The molecule has 0 saturated carbocycles. The summed E-state index contributed by atoms with van der Waals surface area (Å²) >= 11 is 0. The third-order valence-electron chi connectivity index (χ3n) is 2.57. The average molecular weight is 269 g/mol. The van der Waals surface area contributed by atoms with E-state index in [1.807, 2.05) is 6.92 Å². The Morgan fingerprint density at radius 1 is 0.941 bits per heavy atom. The fraction of sp³-hybridized carbons (Fsp3) is 1.00. The molecule has 0 saturated heterocycles. The van der Waals surface area contributed by atoms with Crippen LogP contribution in [0.2, 0.25) is 0 Å². The largest absolute Gasteiger partial charge is 1.00 e. The van der Waals surface area contributed by atoms with E-state index >= 15 is 0 Å². The number of quaternary nitrogens is 1. The third-order valence-corrected chi connectivity index (χ3v) is 2.57. The lowest BCUT2D eigenvalue weighted by atomic mass is 10.4. The van der Waals surface area contributed by atoms with Crippen molar-refractivity contribution in [2.75, 3.05) is 74.3 Å². The fourth-order valence-electron chi connectivity index (χ4n) is 1.26. The summed E-state index contributed by atoms with van der Waals surface area (Å²) in [6, 6.07) is 0. The molecule has 0 aromatic heterocycles. The predicted molar refractivity (Wildman–Crippen MR) is 67.7 cm³/mol. The van der Waals surface area contributed by atoms with Gasteiger partial charge in [-0.25, -0.2) is 0 Å². The number of rotatable bonds is 10. The van der Waals surface area contributed by atoms with Crippen LogP contribution in [0, 0.1) is 0 Å². The van der Waals surface area contributed by atoms with Crippen LogP contribution in [0.5, 0.6) is 0 Å². The van der Waals surface area contributed by atoms with Gasteiger partial charge in [0.15, 0.2) is 0 Å². The summed E-state index contributed by atoms with van der Waals surface area (Å²) in [5, 5.41) is 0. The van der Waals surface area contributed by atoms with Crippen molar-refractivity contribution < 1.29 is 26.4 Å². The van der Waals surface area contributed by atoms with E-state index in [1.165, 1.54) is 0 Å². The van der Waals surface area contributed by atoms with Crippen LogP contribution in [-0.4, -0.2) is 83.6 Å². The summed E-state index contributed by atoms with van der Waals surface area (Å²) < 4.78 is 11.7. The van der Waals surface area contributed by atoms with Crippen molar-refractivity contribution in [3.63, 3.8) is 0 Å². The van der Waals surface area contributed by atoms with E-state index in [2.05, 4.69) is 33.1 Å². The minimum absolute atomic E-state index is 0. The molecule has 0 radical (unpaired) electrons. The van der Waals surface area contributed by atoms with Crippen LogP contribution >= 0.6 is 0 Å². The molecule has 106 valence electrons. The van der Waals surface area contributed by atoms with Crippen LogP contribution in [-0.2, 0) is 9.47 Å². The van der Waals surface area contributed by atoms with Crippen molar-refractivity contribution in [1.82, 2.24) is 4.90 Å². The average Bonchev–Trinajstić information content (AvgIpc) is 2.21. The van der Waals surface area contributed by atoms with Gasteiger partial charge in [-0.1, -0.05) is 0 Å². The van der Waals surface area contributed by atoms with Crippen molar-refractivity contribution in [2.45, 2.75) is 6.92 Å². The first-order chi connectivity index (χ1) is 7.48. The molecule has 0 aliphatic rings. The van der Waals surface area contributed by atoms with Crippen molar-refractivity contribution in [3.8, 4) is 0 Å². The van der Waals surface area contributed by atoms with Crippen molar-refractivity contribution in [2.24, 2.45) is 0 Å². The summed E-state index contributed by atoms with van der Waals surface area (Å²) in [6.45, 7) is 8.33. The molecule has 0 atom stereocenters. The Hall–Kier alpha value is 0.130. The SMILES string of the molecule is CCOCCOCC[N+](C)(C)CCN(C)C.[Cl-]. The number of hydrogen-bond donors (Lipinski definition) is 0. The van der Waals surface area contributed by atoms with Gasteiger partial charge < -0.3 is 31.3 Å². The van der Waals surface area contributed by atoms with Crippen LogP contribution in [0.15, 0.2) is 0 Å². The van der Waals surface area contributed by atoms with Gasteiger partial charge in [-0.15, -0.1) is 0 Å². The number of hydrogen-bond acceptors (Lipinski definition) is 3. The highest BCUT2D eigenvalue weighted by Gasteiger charge is 2.14. The number of ether oxygens (including phenoxy) is 2. The summed E-state index contributed by atoms with van der Waals surface area (Å²) in [4.78, 5) is 2.22. The molecule has 0 aliphatic carbocycles. The van der Waals surface area contributed by atoms with Crippen LogP contribution < -0.4 is 12.4 Å². The van der Waals surface area contributed by atoms with Crippen LogP contribution in [0.4, 0.5) is 0 Å². The maximum atomic E-state index is 5.52. The minimum Gasteiger partial charge on any atom is -1.00 e. The lowest BCUT2D eigenvalue weighted by molar-refractivity contribution is -0.890. The van der Waals surface area contributed by atoms with E-state index < -0.39 is 0 Å². The standard InChI is InChI=1S/C12H29N2O2.ClH/c1-6-15-11-12-16-10-9-14(4,5)8-7-13(2)3;/h6-12H2,1-5H3;1H/q+1;/p-1. The number of likely N-dealkylation sites (N-methyl/N-ethyl adjacent to an activating group) is 2. The Bertz CT molecular complexity index is 167. The van der Waals surface area contributed by atoms with Gasteiger partial charge in [0.25, 0.3) is 0 Å². The Morgan fingerprint density at radius 2 is 1.53 bits per heavy atom.